The molecule has 1 aliphatic rings. The van der Waals surface area contributed by atoms with Crippen molar-refractivity contribution in [1.29, 1.82) is 0 Å². The number of para-hydroxylation sites is 2. The van der Waals surface area contributed by atoms with Gasteiger partial charge in [0.25, 0.3) is 0 Å². The Kier molecular flexibility index (Phi) is 3.27. The maximum Gasteiger partial charge on any atom is 0.150 e. The predicted molar refractivity (Wildman–Crippen MR) is 98.6 cm³/mol. The van der Waals surface area contributed by atoms with Gasteiger partial charge in [-0.05, 0) is 47.5 Å². The molecule has 0 atom stereocenters. The number of rotatable bonds is 2. The van der Waals surface area contributed by atoms with Crippen LogP contribution in [0.15, 0.2) is 72.8 Å². The third-order valence-electron chi connectivity index (χ3n) is 4.92. The van der Waals surface area contributed by atoms with Crippen LogP contribution in [-0.2, 0) is 5.41 Å². The first-order valence-electron chi connectivity index (χ1n) is 8.17. The molecule has 0 fully saturated rings. The van der Waals surface area contributed by atoms with Gasteiger partial charge in [-0.3, -0.25) is 4.79 Å². The van der Waals surface area contributed by atoms with Gasteiger partial charge in [-0.15, -0.1) is 0 Å². The highest BCUT2D eigenvalue weighted by atomic mass is 16.1. The van der Waals surface area contributed by atoms with E-state index in [1.807, 2.05) is 24.3 Å². The zero-order valence-corrected chi connectivity index (χ0v) is 13.9. The molecule has 0 spiro atoms. The lowest BCUT2D eigenvalue weighted by Gasteiger charge is -2.42. The highest BCUT2D eigenvalue weighted by molar-refractivity contribution is 5.86. The van der Waals surface area contributed by atoms with E-state index in [9.17, 15) is 4.79 Å². The van der Waals surface area contributed by atoms with E-state index in [-0.39, 0.29) is 5.41 Å². The second-order valence-corrected chi connectivity index (χ2v) is 6.70. The van der Waals surface area contributed by atoms with Crippen molar-refractivity contribution in [3.63, 3.8) is 0 Å². The van der Waals surface area contributed by atoms with Gasteiger partial charge in [0.1, 0.15) is 6.29 Å². The molecule has 118 valence electrons. The van der Waals surface area contributed by atoms with E-state index in [2.05, 4.69) is 67.3 Å². The average Bonchev–Trinajstić information content (AvgIpc) is 2.63. The van der Waals surface area contributed by atoms with Crippen molar-refractivity contribution in [1.82, 2.24) is 0 Å². The molecule has 2 nitrogen and oxygen atoms in total. The molecule has 0 saturated carbocycles. The van der Waals surface area contributed by atoms with Crippen molar-refractivity contribution in [3.8, 4) is 0 Å². The van der Waals surface area contributed by atoms with Gasteiger partial charge in [0, 0.05) is 16.7 Å². The Labute approximate surface area is 142 Å². The molecular weight excluding hydrogens is 294 g/mol. The molecule has 3 aromatic rings. The summed E-state index contributed by atoms with van der Waals surface area (Å²) >= 11 is 0. The van der Waals surface area contributed by atoms with Crippen molar-refractivity contribution in [2.24, 2.45) is 0 Å². The molecule has 1 aliphatic heterocycles. The summed E-state index contributed by atoms with van der Waals surface area (Å²) in [6.07, 6.45) is 0.880. The molecule has 0 saturated heterocycles. The van der Waals surface area contributed by atoms with Crippen LogP contribution in [0.5, 0.6) is 0 Å². The first-order valence-corrected chi connectivity index (χ1v) is 8.17. The number of anilines is 3. The van der Waals surface area contributed by atoms with Crippen LogP contribution in [0.1, 0.15) is 35.3 Å². The van der Waals surface area contributed by atoms with Crippen LogP contribution in [0.3, 0.4) is 0 Å². The van der Waals surface area contributed by atoms with Crippen LogP contribution < -0.4 is 4.90 Å². The summed E-state index contributed by atoms with van der Waals surface area (Å²) in [5.74, 6) is 0. The minimum atomic E-state index is -0.0492. The molecule has 2 heteroatoms. The SMILES string of the molecule is CC1(C)c2ccccc2N(c2ccc(C=O)cc2)c2ccccc21. The summed E-state index contributed by atoms with van der Waals surface area (Å²) in [6, 6.07) is 24.9. The minimum absolute atomic E-state index is 0.0492. The number of carbonyl (C=O) groups is 1. The van der Waals surface area contributed by atoms with Gasteiger partial charge in [0.05, 0.1) is 11.4 Å². The van der Waals surface area contributed by atoms with Crippen molar-refractivity contribution in [2.45, 2.75) is 19.3 Å². The lowest BCUT2D eigenvalue weighted by atomic mass is 9.73. The highest BCUT2D eigenvalue weighted by Gasteiger charge is 2.36. The van der Waals surface area contributed by atoms with E-state index in [4.69, 9.17) is 0 Å². The van der Waals surface area contributed by atoms with Crippen LogP contribution in [0, 0.1) is 0 Å². The Bertz CT molecular complexity index is 860. The normalized spacial score (nSPS) is 14.7. The quantitative estimate of drug-likeness (QED) is 0.573. The second kappa shape index (κ2) is 5.34. The molecule has 0 aromatic heterocycles. The highest BCUT2D eigenvalue weighted by Crippen LogP contribution is 2.51. The Morgan fingerprint density at radius 1 is 0.750 bits per heavy atom. The van der Waals surface area contributed by atoms with Crippen LogP contribution >= 0.6 is 0 Å². The second-order valence-electron chi connectivity index (χ2n) is 6.70. The number of aldehydes is 1. The van der Waals surface area contributed by atoms with E-state index in [0.29, 0.717) is 5.56 Å². The van der Waals surface area contributed by atoms with Gasteiger partial charge in [-0.25, -0.2) is 0 Å². The van der Waals surface area contributed by atoms with Gasteiger partial charge >= 0.3 is 0 Å². The predicted octanol–water partition coefficient (Wildman–Crippen LogP) is 5.61. The zero-order valence-electron chi connectivity index (χ0n) is 13.9. The molecular formula is C22H19NO. The van der Waals surface area contributed by atoms with E-state index in [1.54, 1.807) is 0 Å². The van der Waals surface area contributed by atoms with E-state index in [0.717, 1.165) is 12.0 Å². The summed E-state index contributed by atoms with van der Waals surface area (Å²) in [5.41, 5.74) is 6.71. The molecule has 24 heavy (non-hydrogen) atoms. The van der Waals surface area contributed by atoms with Crippen molar-refractivity contribution < 1.29 is 4.79 Å². The Hall–Kier alpha value is -2.87. The summed E-state index contributed by atoms with van der Waals surface area (Å²) in [4.78, 5) is 13.2. The Morgan fingerprint density at radius 3 is 1.75 bits per heavy atom. The summed E-state index contributed by atoms with van der Waals surface area (Å²) < 4.78 is 0. The number of nitrogens with zero attached hydrogens (tertiary/aromatic N) is 1. The van der Waals surface area contributed by atoms with Crippen molar-refractivity contribution in [2.75, 3.05) is 4.90 Å². The number of hydrogen-bond donors (Lipinski definition) is 0. The standard InChI is InChI=1S/C22H19NO/c1-22(2)18-7-3-5-9-20(18)23(21-10-6-4-8-19(21)22)17-13-11-16(15-24)12-14-17/h3-15H,1-2H3. The van der Waals surface area contributed by atoms with E-state index in [1.165, 1.54) is 22.5 Å². The van der Waals surface area contributed by atoms with Crippen LogP contribution in [0.4, 0.5) is 17.1 Å². The van der Waals surface area contributed by atoms with Crippen LogP contribution in [0.25, 0.3) is 0 Å². The number of hydrogen-bond acceptors (Lipinski definition) is 2. The first kappa shape index (κ1) is 14.7. The van der Waals surface area contributed by atoms with Gasteiger partial charge in [-0.2, -0.15) is 0 Å². The number of carbonyl (C=O) groups excluding carboxylic acids is 1. The first-order chi connectivity index (χ1) is 11.6. The molecule has 0 radical (unpaired) electrons. The smallest absolute Gasteiger partial charge is 0.150 e. The molecule has 0 aliphatic carbocycles. The minimum Gasteiger partial charge on any atom is -0.310 e. The summed E-state index contributed by atoms with van der Waals surface area (Å²) in [7, 11) is 0. The van der Waals surface area contributed by atoms with Gasteiger partial charge in [0.2, 0.25) is 0 Å². The Balaban J connectivity index is 1.99. The third kappa shape index (κ3) is 2.07. The van der Waals surface area contributed by atoms with Crippen molar-refractivity contribution in [3.05, 3.63) is 89.5 Å². The van der Waals surface area contributed by atoms with Gasteiger partial charge in [-0.1, -0.05) is 50.2 Å². The van der Waals surface area contributed by atoms with E-state index >= 15 is 0 Å². The summed E-state index contributed by atoms with van der Waals surface area (Å²) in [5, 5.41) is 0. The zero-order chi connectivity index (χ0) is 16.7. The maximum absolute atomic E-state index is 11.0. The fraction of sp³-hybridized carbons (Fsp3) is 0.136. The van der Waals surface area contributed by atoms with Crippen molar-refractivity contribution >= 4 is 23.3 Å². The maximum atomic E-state index is 11.0. The number of benzene rings is 3. The third-order valence-corrected chi connectivity index (χ3v) is 4.92. The Morgan fingerprint density at radius 2 is 1.25 bits per heavy atom. The fourth-order valence-corrected chi connectivity index (χ4v) is 3.65. The molecule has 0 N–H and O–H groups in total. The lowest BCUT2D eigenvalue weighted by molar-refractivity contribution is 0.112. The molecule has 1 heterocycles. The molecule has 4 rings (SSSR count). The lowest BCUT2D eigenvalue weighted by Crippen LogP contribution is -2.30. The average molecular weight is 313 g/mol. The monoisotopic (exact) mass is 313 g/mol. The van der Waals surface area contributed by atoms with Gasteiger partial charge in [0.15, 0.2) is 0 Å². The summed E-state index contributed by atoms with van der Waals surface area (Å²) in [6.45, 7) is 4.55. The topological polar surface area (TPSA) is 20.3 Å². The fourth-order valence-electron chi connectivity index (χ4n) is 3.65. The molecule has 0 unspecified atom stereocenters. The largest absolute Gasteiger partial charge is 0.310 e. The van der Waals surface area contributed by atoms with E-state index < -0.39 is 0 Å². The molecule has 0 bridgehead atoms. The van der Waals surface area contributed by atoms with Crippen LogP contribution in [-0.4, -0.2) is 6.29 Å². The van der Waals surface area contributed by atoms with Gasteiger partial charge < -0.3 is 4.90 Å². The molecule has 0 amide bonds. The van der Waals surface area contributed by atoms with Crippen LogP contribution in [0.2, 0.25) is 0 Å². The molecule has 3 aromatic carbocycles. The number of fused-ring (bicyclic) bond motifs is 2.